The second-order valence-corrected chi connectivity index (χ2v) is 23.9. The van der Waals surface area contributed by atoms with Crippen molar-refractivity contribution in [2.24, 2.45) is 5.73 Å². The largest absolute Gasteiger partial charge is 0.497 e. The smallest absolute Gasteiger partial charge is 0.336 e. The Kier molecular flexibility index (Phi) is 56.1. The minimum absolute atomic E-state index is 0.0319. The number of aromatic nitrogens is 4. The number of ether oxygens (including phenoxy) is 7. The molecule has 0 aliphatic heterocycles. The summed E-state index contributed by atoms with van der Waals surface area (Å²) in [5, 5.41) is 31.3. The molecular weight excluding hydrogens is 1500 g/mol. The van der Waals surface area contributed by atoms with Crippen LogP contribution in [0.1, 0.15) is 173 Å². The third-order valence-corrected chi connectivity index (χ3v) is 16.0. The number of aliphatic hydroxyl groups is 1. The summed E-state index contributed by atoms with van der Waals surface area (Å²) in [7, 11) is 6.38. The van der Waals surface area contributed by atoms with Gasteiger partial charge in [0.25, 0.3) is 5.91 Å². The molecule has 1 amide bonds. The molecule has 10 aromatic rings. The second kappa shape index (κ2) is 62.6. The van der Waals surface area contributed by atoms with E-state index in [1.807, 2.05) is 204 Å². The third kappa shape index (κ3) is 38.5. The molecule has 0 unspecified atom stereocenters. The number of halogens is 1. The number of carbonyl (C=O) groups is 4. The SMILES string of the molecule is CC.CC.CC.CC.CCCOCCN.CCCOCCNCc1cc(OC)ccc1C(=O)O.CCCOCCNCc1cc(OC)ccc1C(C)=O.COc1ccc(C(=O)Nc2ccc(-c3cn4ccccc4n3)cc2)c(CNCCO)c1.COc1ccc(C(C)=O)c(CBr)c1.Nc1ccc(-c2cn3ccccc3n2)cc1. The molecule has 4 heterocycles. The molecule has 113 heavy (non-hydrogen) atoms. The summed E-state index contributed by atoms with van der Waals surface area (Å²) in [5.74, 6) is 1.89. The number of alkyl halides is 1. The molecule has 0 atom stereocenters. The van der Waals surface area contributed by atoms with Crippen molar-refractivity contribution in [1.82, 2.24) is 34.7 Å². The molecule has 10 rings (SSSR count). The van der Waals surface area contributed by atoms with E-state index in [9.17, 15) is 19.2 Å². The van der Waals surface area contributed by atoms with Gasteiger partial charge in [-0.2, -0.15) is 0 Å². The number of carboxylic acid groups (broad SMARTS) is 1. The lowest BCUT2D eigenvalue weighted by Gasteiger charge is -2.13. The molecular formula is C89H127BrN10O13. The van der Waals surface area contributed by atoms with Crippen LogP contribution in [-0.4, -0.2) is 153 Å². The van der Waals surface area contributed by atoms with Gasteiger partial charge in [0, 0.05) is 135 Å². The van der Waals surface area contributed by atoms with Crippen LogP contribution in [0.15, 0.2) is 183 Å². The predicted molar refractivity (Wildman–Crippen MR) is 465 cm³/mol. The number of nitrogen functional groups attached to an aromatic ring is 1. The Bertz CT molecular complexity index is 4060. The lowest BCUT2D eigenvalue weighted by atomic mass is 10.0. The number of hydrogen-bond acceptors (Lipinski definition) is 19. The summed E-state index contributed by atoms with van der Waals surface area (Å²) in [4.78, 5) is 55.9. The van der Waals surface area contributed by atoms with Gasteiger partial charge in [0.1, 0.15) is 34.3 Å². The number of anilines is 2. The second-order valence-electron chi connectivity index (χ2n) is 23.4. The number of aliphatic hydroxyl groups excluding tert-OH is 1. The number of fused-ring (bicyclic) bond motifs is 2. The number of nitrogens with zero attached hydrogens (tertiary/aromatic N) is 4. The van der Waals surface area contributed by atoms with Crippen LogP contribution in [0.2, 0.25) is 0 Å². The van der Waals surface area contributed by atoms with Gasteiger partial charge >= 0.3 is 5.97 Å². The maximum Gasteiger partial charge on any atom is 0.336 e. The van der Waals surface area contributed by atoms with Crippen molar-refractivity contribution in [2.75, 3.05) is 112 Å². The van der Waals surface area contributed by atoms with Gasteiger partial charge in [-0.3, -0.25) is 14.4 Å². The molecule has 0 saturated heterocycles. The van der Waals surface area contributed by atoms with Crippen molar-refractivity contribution in [3.05, 3.63) is 227 Å². The van der Waals surface area contributed by atoms with Crippen LogP contribution in [0.5, 0.6) is 23.0 Å². The molecule has 0 radical (unpaired) electrons. The molecule has 0 fully saturated rings. The average molecular weight is 1620 g/mol. The summed E-state index contributed by atoms with van der Waals surface area (Å²) in [6, 6.07) is 48.4. The summed E-state index contributed by atoms with van der Waals surface area (Å²) >= 11 is 3.33. The first-order valence-corrected chi connectivity index (χ1v) is 39.9. The number of nitrogens with two attached hydrogens (primary N) is 2. The van der Waals surface area contributed by atoms with Crippen molar-refractivity contribution < 1.29 is 62.5 Å². The van der Waals surface area contributed by atoms with Crippen molar-refractivity contribution >= 4 is 62.0 Å². The number of carbonyl (C=O) groups excluding carboxylic acids is 3. The number of pyridine rings is 2. The number of rotatable bonds is 34. The molecule has 0 spiro atoms. The topological polar surface area (TPSA) is 308 Å². The lowest BCUT2D eigenvalue weighted by molar-refractivity contribution is 0.0694. The quantitative estimate of drug-likeness (QED) is 0.00804. The normalized spacial score (nSPS) is 9.95. The van der Waals surface area contributed by atoms with E-state index in [4.69, 9.17) is 54.8 Å². The van der Waals surface area contributed by atoms with E-state index in [2.05, 4.69) is 67.9 Å². The number of methoxy groups -OCH3 is 4. The van der Waals surface area contributed by atoms with Crippen molar-refractivity contribution in [2.45, 2.75) is 134 Å². The van der Waals surface area contributed by atoms with Gasteiger partial charge in [0.05, 0.1) is 71.8 Å². The first-order chi connectivity index (χ1) is 55.0. The Labute approximate surface area is 680 Å². The summed E-state index contributed by atoms with van der Waals surface area (Å²) < 4.78 is 40.3. The van der Waals surface area contributed by atoms with Crippen LogP contribution in [0.4, 0.5) is 11.4 Å². The maximum absolute atomic E-state index is 12.9. The fraction of sp³-hybridized carbons (Fsp3) is 0.393. The van der Waals surface area contributed by atoms with E-state index in [1.165, 1.54) is 0 Å². The highest BCUT2D eigenvalue weighted by atomic mass is 79.9. The molecule has 618 valence electrons. The fourth-order valence-electron chi connectivity index (χ4n) is 10.0. The van der Waals surface area contributed by atoms with Crippen LogP contribution < -0.4 is 51.7 Å². The number of nitrogens with one attached hydrogen (secondary N) is 4. The Morgan fingerprint density at radius 2 is 0.823 bits per heavy atom. The van der Waals surface area contributed by atoms with Gasteiger partial charge in [0.2, 0.25) is 0 Å². The first-order valence-electron chi connectivity index (χ1n) is 38.8. The van der Waals surface area contributed by atoms with Crippen LogP contribution in [0.3, 0.4) is 0 Å². The maximum atomic E-state index is 12.9. The minimum Gasteiger partial charge on any atom is -0.497 e. The number of benzene rings is 6. The zero-order valence-corrected chi connectivity index (χ0v) is 71.3. The number of hydrogen-bond donors (Lipinski definition) is 8. The van der Waals surface area contributed by atoms with E-state index in [1.54, 1.807) is 84.8 Å². The summed E-state index contributed by atoms with van der Waals surface area (Å²) in [6.07, 6.45) is 11.1. The number of ketones is 2. The van der Waals surface area contributed by atoms with Crippen LogP contribution in [0, 0.1) is 0 Å². The Morgan fingerprint density at radius 1 is 0.460 bits per heavy atom. The van der Waals surface area contributed by atoms with E-state index in [0.29, 0.717) is 98.3 Å². The summed E-state index contributed by atoms with van der Waals surface area (Å²) in [6.45, 7) is 33.9. The van der Waals surface area contributed by atoms with E-state index < -0.39 is 5.97 Å². The molecule has 10 N–H and O–H groups in total. The predicted octanol–water partition coefficient (Wildman–Crippen LogP) is 17.5. The van der Waals surface area contributed by atoms with Gasteiger partial charge in [-0.05, 0) is 177 Å². The van der Waals surface area contributed by atoms with Gasteiger partial charge < -0.3 is 84.9 Å². The standard InChI is InChI=1S/C24H24N4O3.C15H23NO3.C14H21NO4.C13H11N3.C10H11BrO2.C5H13NO.4C2H6/c1-31-20-9-10-21(18(14-20)15-25-11-13-29)24(30)26-19-7-5-17(6-8-19)22-16-28-12-3-2-4-23(28)27-22;1-4-8-19-9-7-16-11-13-10-14(18-3)5-6-15(13)12(2)17;1-3-7-19-8-6-15-10-11-9-12(18-2)4-5-13(11)14(16)17;14-11-6-4-10(5-7-11)12-9-16-8-2-1-3-13(16)15-12;1-7(12)10-4-3-9(13-2)5-8(10)6-11;1-2-4-7-5-3-6;4*1-2/h2-10,12,14,16,25,29H,11,13,15H2,1H3,(H,26,30);5-6,10,16H,4,7-9,11H2,1-3H3;4-5,9,15H,3,6-8,10H2,1-2H3,(H,16,17);1-9H,14H2;3-5H,6H2,1-2H3;2-6H2,1H3;4*1-2H3. The van der Waals surface area contributed by atoms with Gasteiger partial charge in [0.15, 0.2) is 11.6 Å². The molecule has 0 bridgehead atoms. The number of aromatic carboxylic acids is 1. The first kappa shape index (κ1) is 101. The number of amides is 1. The molecule has 4 aromatic heterocycles. The van der Waals surface area contributed by atoms with Crippen molar-refractivity contribution in [1.29, 1.82) is 0 Å². The van der Waals surface area contributed by atoms with E-state index in [-0.39, 0.29) is 24.1 Å². The zero-order chi connectivity index (χ0) is 84.1. The molecule has 0 saturated carbocycles. The van der Waals surface area contributed by atoms with E-state index >= 15 is 0 Å². The molecule has 0 aliphatic carbocycles. The number of Topliss-reactive ketones (excluding diaryl/α,β-unsaturated/α-hetero) is 2. The molecule has 0 aliphatic rings. The molecule has 23 nitrogen and oxygen atoms in total. The monoisotopic (exact) mass is 1620 g/mol. The number of carboxylic acids is 1. The Hall–Kier alpha value is -9.86. The van der Waals surface area contributed by atoms with Crippen LogP contribution in [0.25, 0.3) is 33.8 Å². The number of imidazole rings is 2. The average Bonchev–Trinajstić information content (AvgIpc) is 1.73. The molecule has 24 heteroatoms. The van der Waals surface area contributed by atoms with E-state index in [0.717, 1.165) is 124 Å². The highest BCUT2D eigenvalue weighted by molar-refractivity contribution is 9.08. The summed E-state index contributed by atoms with van der Waals surface area (Å²) in [5.41, 5.74) is 23.8. The lowest BCUT2D eigenvalue weighted by Crippen LogP contribution is -2.21. The zero-order valence-electron chi connectivity index (χ0n) is 69.8. The van der Waals surface area contributed by atoms with Crippen molar-refractivity contribution in [3.63, 3.8) is 0 Å². The Balaban J connectivity index is 0.000000693. The Morgan fingerprint density at radius 3 is 1.19 bits per heavy atom. The van der Waals surface area contributed by atoms with Gasteiger partial charge in [-0.15, -0.1) is 0 Å². The fourth-order valence-corrected chi connectivity index (χ4v) is 10.5. The van der Waals surface area contributed by atoms with Gasteiger partial charge in [-0.1, -0.05) is 128 Å². The van der Waals surface area contributed by atoms with Crippen LogP contribution >= 0.6 is 15.9 Å². The minimum atomic E-state index is -0.929. The highest BCUT2D eigenvalue weighted by Crippen LogP contribution is 2.26. The van der Waals surface area contributed by atoms with Crippen LogP contribution in [-0.2, 0) is 39.2 Å². The molecule has 6 aromatic carbocycles. The van der Waals surface area contributed by atoms with Gasteiger partial charge in [-0.25, -0.2) is 14.8 Å². The van der Waals surface area contributed by atoms with Crippen molar-refractivity contribution in [3.8, 4) is 45.5 Å². The third-order valence-electron chi connectivity index (χ3n) is 15.4. The highest BCUT2D eigenvalue weighted by Gasteiger charge is 2.16.